The Morgan fingerprint density at radius 3 is 2.72 bits per heavy atom. The van der Waals surface area contributed by atoms with Gasteiger partial charge in [-0.25, -0.2) is 0 Å². The van der Waals surface area contributed by atoms with Gasteiger partial charge in [-0.3, -0.25) is 9.59 Å². The number of carboxylic acid groups (broad SMARTS) is 1. The molecule has 1 unspecified atom stereocenters. The highest BCUT2D eigenvalue weighted by molar-refractivity contribution is 6.01. The maximum Gasteiger partial charge on any atom is 0.316 e. The molecule has 5 heteroatoms. The predicted molar refractivity (Wildman–Crippen MR) is 65.6 cm³/mol. The van der Waals surface area contributed by atoms with Crippen molar-refractivity contribution in [1.29, 1.82) is 0 Å². The van der Waals surface area contributed by atoms with Crippen molar-refractivity contribution in [3.05, 3.63) is 29.3 Å². The summed E-state index contributed by atoms with van der Waals surface area (Å²) in [6.45, 7) is 0.989. The Balaban J connectivity index is 2.48. The first-order valence-electron chi connectivity index (χ1n) is 5.64. The van der Waals surface area contributed by atoms with Crippen molar-refractivity contribution >= 4 is 17.6 Å². The number of carboxylic acids is 1. The van der Waals surface area contributed by atoms with Gasteiger partial charge in [0.1, 0.15) is 5.41 Å². The summed E-state index contributed by atoms with van der Waals surface area (Å²) in [4.78, 5) is 24.4. The number of hydrogen-bond donors (Lipinski definition) is 2. The Bertz CT molecular complexity index is 526. The van der Waals surface area contributed by atoms with Crippen LogP contribution < -0.4 is 4.90 Å². The summed E-state index contributed by atoms with van der Waals surface area (Å²) in [5, 5.41) is 18.5. The molecule has 0 saturated carbocycles. The third kappa shape index (κ3) is 1.67. The lowest BCUT2D eigenvalue weighted by molar-refractivity contribution is -0.144. The molecular formula is C13H15NO4. The van der Waals surface area contributed by atoms with E-state index >= 15 is 0 Å². The van der Waals surface area contributed by atoms with Crippen molar-refractivity contribution in [1.82, 2.24) is 0 Å². The second kappa shape index (κ2) is 4.10. The predicted octanol–water partition coefficient (Wildman–Crippen LogP) is 0.540. The fourth-order valence-electron chi connectivity index (χ4n) is 2.10. The van der Waals surface area contributed by atoms with E-state index in [1.165, 1.54) is 6.92 Å². The van der Waals surface area contributed by atoms with E-state index in [1.807, 2.05) is 0 Å². The van der Waals surface area contributed by atoms with Gasteiger partial charge in [0.25, 0.3) is 0 Å². The van der Waals surface area contributed by atoms with E-state index in [-0.39, 0.29) is 12.3 Å². The highest BCUT2D eigenvalue weighted by Gasteiger charge is 2.36. The van der Waals surface area contributed by atoms with Gasteiger partial charge < -0.3 is 15.1 Å². The molecule has 18 heavy (non-hydrogen) atoms. The smallest absolute Gasteiger partial charge is 0.316 e. The zero-order valence-electron chi connectivity index (χ0n) is 10.3. The van der Waals surface area contributed by atoms with Crippen molar-refractivity contribution in [2.24, 2.45) is 0 Å². The molecule has 0 fully saturated rings. The molecule has 0 spiro atoms. The average molecular weight is 249 g/mol. The molecule has 0 bridgehead atoms. The minimum Gasteiger partial charge on any atom is -0.481 e. The molecule has 1 aliphatic heterocycles. The molecule has 1 heterocycles. The van der Waals surface area contributed by atoms with E-state index < -0.39 is 18.0 Å². The van der Waals surface area contributed by atoms with Crippen molar-refractivity contribution in [3.8, 4) is 0 Å². The highest BCUT2D eigenvalue weighted by atomic mass is 16.4. The van der Waals surface area contributed by atoms with Gasteiger partial charge in [-0.05, 0) is 24.1 Å². The largest absolute Gasteiger partial charge is 0.481 e. The van der Waals surface area contributed by atoms with Crippen molar-refractivity contribution < 1.29 is 19.8 Å². The van der Waals surface area contributed by atoms with E-state index in [9.17, 15) is 19.8 Å². The van der Waals surface area contributed by atoms with E-state index in [0.29, 0.717) is 5.56 Å². The summed E-state index contributed by atoms with van der Waals surface area (Å²) in [5.41, 5.74) is 0.786. The number of aliphatic hydroxyl groups excluding tert-OH is 1. The third-order valence-corrected chi connectivity index (χ3v) is 3.58. The molecule has 0 aromatic heterocycles. The molecule has 0 radical (unpaired) electrons. The van der Waals surface area contributed by atoms with Gasteiger partial charge in [-0.1, -0.05) is 12.1 Å². The van der Waals surface area contributed by atoms with Crippen molar-refractivity contribution in [2.45, 2.75) is 18.8 Å². The second-order valence-corrected chi connectivity index (χ2v) is 4.77. The third-order valence-electron chi connectivity index (χ3n) is 3.58. The number of rotatable bonds is 3. The van der Waals surface area contributed by atoms with Crippen LogP contribution in [0.5, 0.6) is 0 Å². The fraction of sp³-hybridized carbons (Fsp3) is 0.385. The SMILES string of the molecule is CN1C(=O)Cc2cc(C(C)(CO)C(=O)O)ccc21. The molecule has 2 rings (SSSR count). The molecule has 1 atom stereocenters. The summed E-state index contributed by atoms with van der Waals surface area (Å²) >= 11 is 0. The summed E-state index contributed by atoms with van der Waals surface area (Å²) in [6, 6.07) is 5.08. The molecule has 5 nitrogen and oxygen atoms in total. The molecule has 1 aliphatic rings. The maximum atomic E-state index is 11.6. The highest BCUT2D eigenvalue weighted by Crippen LogP contribution is 2.32. The number of benzene rings is 1. The van der Waals surface area contributed by atoms with Gasteiger partial charge in [0.05, 0.1) is 13.0 Å². The van der Waals surface area contributed by atoms with E-state index in [1.54, 1.807) is 30.1 Å². The summed E-state index contributed by atoms with van der Waals surface area (Å²) < 4.78 is 0. The Hall–Kier alpha value is -1.88. The van der Waals surface area contributed by atoms with Gasteiger partial charge in [0, 0.05) is 12.7 Å². The van der Waals surface area contributed by atoms with E-state index in [2.05, 4.69) is 0 Å². The van der Waals surface area contributed by atoms with Crippen LogP contribution in [0, 0.1) is 0 Å². The fourth-order valence-corrected chi connectivity index (χ4v) is 2.10. The number of likely N-dealkylation sites (N-methyl/N-ethyl adjacent to an activating group) is 1. The van der Waals surface area contributed by atoms with Crippen molar-refractivity contribution in [3.63, 3.8) is 0 Å². The molecule has 96 valence electrons. The topological polar surface area (TPSA) is 77.8 Å². The Morgan fingerprint density at radius 1 is 1.50 bits per heavy atom. The minimum atomic E-state index is -1.33. The molecular weight excluding hydrogens is 234 g/mol. The van der Waals surface area contributed by atoms with Crippen LogP contribution in [0.3, 0.4) is 0 Å². The van der Waals surface area contributed by atoms with Gasteiger partial charge in [-0.2, -0.15) is 0 Å². The molecule has 2 N–H and O–H groups in total. The van der Waals surface area contributed by atoms with Crippen LogP contribution in [-0.4, -0.2) is 35.7 Å². The van der Waals surface area contributed by atoms with Crippen LogP contribution in [0.2, 0.25) is 0 Å². The monoisotopic (exact) mass is 249 g/mol. The van der Waals surface area contributed by atoms with Gasteiger partial charge in [0.15, 0.2) is 0 Å². The first-order chi connectivity index (χ1) is 8.40. The van der Waals surface area contributed by atoms with Crippen LogP contribution >= 0.6 is 0 Å². The lowest BCUT2D eigenvalue weighted by atomic mass is 9.82. The molecule has 0 saturated heterocycles. The summed E-state index contributed by atoms with van der Waals surface area (Å²) in [7, 11) is 1.69. The van der Waals surface area contributed by atoms with Gasteiger partial charge >= 0.3 is 5.97 Å². The van der Waals surface area contributed by atoms with Crippen LogP contribution in [-0.2, 0) is 21.4 Å². The number of fused-ring (bicyclic) bond motifs is 1. The first-order valence-corrected chi connectivity index (χ1v) is 5.64. The lowest BCUT2D eigenvalue weighted by Gasteiger charge is -2.23. The second-order valence-electron chi connectivity index (χ2n) is 4.77. The number of amides is 1. The van der Waals surface area contributed by atoms with E-state index in [0.717, 1.165) is 11.3 Å². The number of carbonyl (C=O) groups is 2. The van der Waals surface area contributed by atoms with Crippen LogP contribution in [0.15, 0.2) is 18.2 Å². The maximum absolute atomic E-state index is 11.6. The van der Waals surface area contributed by atoms with Crippen molar-refractivity contribution in [2.75, 3.05) is 18.6 Å². The van der Waals surface area contributed by atoms with Gasteiger partial charge in [-0.15, -0.1) is 0 Å². The standard InChI is InChI=1S/C13H15NO4/c1-13(7-15,12(17)18)9-3-4-10-8(5-9)6-11(16)14(10)2/h3-5,15H,6-7H2,1-2H3,(H,17,18). The normalized spacial score (nSPS) is 17.5. The first kappa shape index (κ1) is 12.6. The number of carbonyl (C=O) groups excluding carboxylic acids is 1. The van der Waals surface area contributed by atoms with E-state index in [4.69, 9.17) is 0 Å². The Labute approximate surface area is 105 Å². The summed E-state index contributed by atoms with van der Waals surface area (Å²) in [5.74, 6) is -1.09. The zero-order chi connectivity index (χ0) is 13.5. The quantitative estimate of drug-likeness (QED) is 0.819. The number of hydrogen-bond acceptors (Lipinski definition) is 3. The van der Waals surface area contributed by atoms with Gasteiger partial charge in [0.2, 0.25) is 5.91 Å². The van der Waals surface area contributed by atoms with Crippen LogP contribution in [0.1, 0.15) is 18.1 Å². The van der Waals surface area contributed by atoms with Crippen LogP contribution in [0.4, 0.5) is 5.69 Å². The minimum absolute atomic E-state index is 0.0109. The number of anilines is 1. The molecule has 0 aliphatic carbocycles. The average Bonchev–Trinajstić information content (AvgIpc) is 2.63. The molecule has 1 aromatic carbocycles. The molecule has 1 amide bonds. The Morgan fingerprint density at radius 2 is 2.17 bits per heavy atom. The lowest BCUT2D eigenvalue weighted by Crippen LogP contribution is -2.36. The molecule has 1 aromatic rings. The zero-order valence-corrected chi connectivity index (χ0v) is 10.3. The number of nitrogens with zero attached hydrogens (tertiary/aromatic N) is 1. The number of aliphatic carboxylic acids is 1. The Kier molecular flexibility index (Phi) is 2.86. The number of aliphatic hydroxyl groups is 1. The van der Waals surface area contributed by atoms with Crippen LogP contribution in [0.25, 0.3) is 0 Å². The summed E-state index contributed by atoms with van der Waals surface area (Å²) in [6.07, 6.45) is 0.279.